The maximum Gasteiger partial charge on any atom is 0.407 e. The number of halogens is 1. The summed E-state index contributed by atoms with van der Waals surface area (Å²) < 4.78 is 18.5. The van der Waals surface area contributed by atoms with E-state index in [2.05, 4.69) is 10.4 Å². The van der Waals surface area contributed by atoms with Gasteiger partial charge in [-0.1, -0.05) is 0 Å². The van der Waals surface area contributed by atoms with Crippen molar-refractivity contribution in [3.8, 4) is 11.1 Å². The fourth-order valence-electron chi connectivity index (χ4n) is 4.14. The summed E-state index contributed by atoms with van der Waals surface area (Å²) in [6.45, 7) is 0.926. The summed E-state index contributed by atoms with van der Waals surface area (Å²) in [6.07, 6.45) is 5.06. The largest absolute Gasteiger partial charge is 0.465 e. The molecule has 1 unspecified atom stereocenters. The van der Waals surface area contributed by atoms with Crippen molar-refractivity contribution in [3.05, 3.63) is 77.6 Å². The van der Waals surface area contributed by atoms with Crippen LogP contribution in [0.15, 0.2) is 55.1 Å². The molecule has 0 saturated heterocycles. The van der Waals surface area contributed by atoms with Gasteiger partial charge in [0, 0.05) is 43.8 Å². The molecule has 4 aromatic rings. The number of hydrogen-bond acceptors (Lipinski definition) is 5. The Morgan fingerprint density at radius 2 is 1.92 bits per heavy atom. The van der Waals surface area contributed by atoms with Gasteiger partial charge in [-0.2, -0.15) is 5.10 Å². The third kappa shape index (κ3) is 4.56. The molecule has 0 radical (unpaired) electrons. The first-order chi connectivity index (χ1) is 17.1. The number of Topliss-reactive ketones (excluding diaryl/α,β-unsaturated/α-hetero) is 1. The number of aryl methyl sites for hydroxylation is 1. The van der Waals surface area contributed by atoms with Crippen LogP contribution in [0.3, 0.4) is 0 Å². The van der Waals surface area contributed by atoms with Gasteiger partial charge >= 0.3 is 6.09 Å². The molecule has 0 spiro atoms. The summed E-state index contributed by atoms with van der Waals surface area (Å²) in [5, 5.41) is 25.6. The number of likely N-dealkylation sites (N-methyl/N-ethyl adjacent to an activating group) is 1. The topological polar surface area (TPSA) is 129 Å². The van der Waals surface area contributed by atoms with E-state index in [1.165, 1.54) is 43.0 Å². The minimum absolute atomic E-state index is 0.117. The van der Waals surface area contributed by atoms with Gasteiger partial charge in [0.15, 0.2) is 11.6 Å². The van der Waals surface area contributed by atoms with Crippen LogP contribution in [0.25, 0.3) is 16.6 Å². The van der Waals surface area contributed by atoms with E-state index >= 15 is 4.39 Å². The molecule has 2 amide bonds. The molecule has 1 aromatic carbocycles. The number of anilines is 1. The predicted molar refractivity (Wildman–Crippen MR) is 129 cm³/mol. The van der Waals surface area contributed by atoms with Crippen LogP contribution in [0.5, 0.6) is 0 Å². The van der Waals surface area contributed by atoms with Crippen molar-refractivity contribution in [1.29, 1.82) is 0 Å². The molecule has 1 atom stereocenters. The molecule has 0 aliphatic heterocycles. The number of aromatic nitrogens is 3. The highest BCUT2D eigenvalue weighted by Gasteiger charge is 2.26. The van der Waals surface area contributed by atoms with E-state index in [0.717, 1.165) is 4.90 Å². The zero-order valence-corrected chi connectivity index (χ0v) is 19.8. The van der Waals surface area contributed by atoms with Crippen LogP contribution >= 0.6 is 0 Å². The Morgan fingerprint density at radius 3 is 2.53 bits per heavy atom. The molecule has 3 N–H and O–H groups in total. The van der Waals surface area contributed by atoms with Crippen molar-refractivity contribution in [3.63, 3.8) is 0 Å². The van der Waals surface area contributed by atoms with E-state index in [-0.39, 0.29) is 29.2 Å². The molecule has 0 bridgehead atoms. The number of ketones is 1. The number of carboxylic acid groups (broad SMARTS) is 1. The molecular weight excluding hydrogens is 469 g/mol. The lowest BCUT2D eigenvalue weighted by Gasteiger charge is -2.24. The smallest absolute Gasteiger partial charge is 0.407 e. The van der Waals surface area contributed by atoms with Crippen LogP contribution in [0.1, 0.15) is 34.5 Å². The van der Waals surface area contributed by atoms with Crippen LogP contribution < -0.4 is 5.32 Å². The van der Waals surface area contributed by atoms with E-state index in [9.17, 15) is 24.6 Å². The Labute approximate surface area is 205 Å². The lowest BCUT2D eigenvalue weighted by Crippen LogP contribution is -2.33. The minimum Gasteiger partial charge on any atom is -0.465 e. The number of nitrogens with one attached hydrogen (secondary N) is 1. The van der Waals surface area contributed by atoms with Gasteiger partial charge in [-0.25, -0.2) is 9.18 Å². The Morgan fingerprint density at radius 1 is 1.19 bits per heavy atom. The monoisotopic (exact) mass is 493 g/mol. The Kier molecular flexibility index (Phi) is 6.58. The van der Waals surface area contributed by atoms with Crippen molar-refractivity contribution in [2.45, 2.75) is 19.6 Å². The highest BCUT2D eigenvalue weighted by molar-refractivity contribution is 6.09. The second-order valence-electron chi connectivity index (χ2n) is 8.41. The Hall–Kier alpha value is -4.51. The number of aliphatic hydroxyl groups excluding tert-OH is 1. The fraction of sp³-hybridized carbons (Fsp3) is 0.200. The number of pyridine rings is 1. The van der Waals surface area contributed by atoms with Crippen LogP contribution in [0.4, 0.5) is 14.9 Å². The van der Waals surface area contributed by atoms with E-state index in [1.54, 1.807) is 42.2 Å². The molecule has 186 valence electrons. The second kappa shape index (κ2) is 9.62. The molecule has 3 heterocycles. The van der Waals surface area contributed by atoms with Gasteiger partial charge in [0.25, 0.3) is 5.91 Å². The van der Waals surface area contributed by atoms with Gasteiger partial charge in [-0.3, -0.25) is 19.2 Å². The summed E-state index contributed by atoms with van der Waals surface area (Å²) in [7, 11) is 2.98. The van der Waals surface area contributed by atoms with Gasteiger partial charge in [-0.15, -0.1) is 0 Å². The highest BCUT2D eigenvalue weighted by atomic mass is 19.1. The number of benzene rings is 1. The first-order valence-corrected chi connectivity index (χ1v) is 10.9. The van der Waals surface area contributed by atoms with Crippen LogP contribution in [0.2, 0.25) is 0 Å². The number of carbonyl (C=O) groups is 3. The summed E-state index contributed by atoms with van der Waals surface area (Å²) in [4.78, 5) is 37.8. The summed E-state index contributed by atoms with van der Waals surface area (Å²) >= 11 is 0. The second-order valence-corrected chi connectivity index (χ2v) is 8.41. The molecule has 11 heteroatoms. The molecule has 4 rings (SSSR count). The molecule has 0 aliphatic rings. The van der Waals surface area contributed by atoms with Gasteiger partial charge < -0.3 is 19.9 Å². The number of nitrogens with zero attached hydrogens (tertiary/aromatic N) is 4. The minimum atomic E-state index is -1.27. The number of rotatable bonds is 7. The summed E-state index contributed by atoms with van der Waals surface area (Å²) in [5.41, 5.74) is 1.92. The third-order valence-corrected chi connectivity index (χ3v) is 5.90. The van der Waals surface area contributed by atoms with E-state index < -0.39 is 23.9 Å². The van der Waals surface area contributed by atoms with Crippen LogP contribution in [0, 0.1) is 5.82 Å². The van der Waals surface area contributed by atoms with Gasteiger partial charge in [0.2, 0.25) is 0 Å². The Balaban J connectivity index is 1.73. The average Bonchev–Trinajstić information content (AvgIpc) is 3.46. The van der Waals surface area contributed by atoms with Crippen molar-refractivity contribution in [2.75, 3.05) is 12.4 Å². The fourth-order valence-corrected chi connectivity index (χ4v) is 4.14. The first-order valence-electron chi connectivity index (χ1n) is 10.9. The van der Waals surface area contributed by atoms with E-state index in [1.807, 2.05) is 0 Å². The number of fused-ring (bicyclic) bond motifs is 1. The average molecular weight is 493 g/mol. The van der Waals surface area contributed by atoms with Crippen molar-refractivity contribution < 1.29 is 29.0 Å². The Bertz CT molecular complexity index is 1490. The molecule has 3 aromatic heterocycles. The van der Waals surface area contributed by atoms with E-state index in [0.29, 0.717) is 22.2 Å². The SMILES string of the molecule is CC(=O)C(c1ccn2ccc(C(=O)Nc3cc(CO)cc(-c4cnn(C)c4)c3F)c2c1)N(C)C(=O)O. The molecular formula is C25H24FN5O5. The van der Waals surface area contributed by atoms with Crippen LogP contribution in [-0.4, -0.2) is 54.1 Å². The normalized spacial score (nSPS) is 11.9. The van der Waals surface area contributed by atoms with Crippen molar-refractivity contribution in [1.82, 2.24) is 19.1 Å². The van der Waals surface area contributed by atoms with Crippen molar-refractivity contribution >= 4 is 29.0 Å². The summed E-state index contributed by atoms with van der Waals surface area (Å²) in [6, 6.07) is 6.48. The maximum absolute atomic E-state index is 15.4. The number of aliphatic hydroxyl groups is 1. The number of carbonyl (C=O) groups excluding carboxylic acids is 2. The molecule has 10 nitrogen and oxygen atoms in total. The van der Waals surface area contributed by atoms with Gasteiger partial charge in [0.1, 0.15) is 6.04 Å². The lowest BCUT2D eigenvalue weighted by molar-refractivity contribution is -0.121. The van der Waals surface area contributed by atoms with Gasteiger partial charge in [0.05, 0.1) is 29.6 Å². The summed E-state index contributed by atoms with van der Waals surface area (Å²) in [5.74, 6) is -1.68. The highest BCUT2D eigenvalue weighted by Crippen LogP contribution is 2.31. The lowest BCUT2D eigenvalue weighted by atomic mass is 10.0. The van der Waals surface area contributed by atoms with Gasteiger partial charge in [-0.05, 0) is 48.4 Å². The van der Waals surface area contributed by atoms with Crippen LogP contribution in [-0.2, 0) is 18.4 Å². The maximum atomic E-state index is 15.4. The third-order valence-electron chi connectivity index (χ3n) is 5.90. The predicted octanol–water partition coefficient (Wildman–Crippen LogP) is 3.46. The molecule has 0 aliphatic carbocycles. The first kappa shape index (κ1) is 24.6. The quantitative estimate of drug-likeness (QED) is 0.362. The van der Waals surface area contributed by atoms with E-state index in [4.69, 9.17) is 0 Å². The molecule has 0 saturated carbocycles. The number of amides is 2. The van der Waals surface area contributed by atoms with Crippen molar-refractivity contribution in [2.24, 2.45) is 7.05 Å². The molecule has 0 fully saturated rings. The standard InChI is InChI=1S/C25H24FN5O5/c1-14(33)23(30(3)25(35)36)16-4-6-31-7-5-18(21(31)10-16)24(34)28-20-9-15(13-32)8-19(22(20)26)17-11-27-29(2)12-17/h4-12,23,32H,13H2,1-3H3,(H,28,34)(H,35,36). The number of hydrogen-bond donors (Lipinski definition) is 3. The zero-order valence-electron chi connectivity index (χ0n) is 19.8. The molecule has 36 heavy (non-hydrogen) atoms. The zero-order chi connectivity index (χ0) is 26.1.